The first-order chi connectivity index (χ1) is 9.29. The lowest BCUT2D eigenvalue weighted by Gasteiger charge is -2.45. The first kappa shape index (κ1) is 16.3. The first-order valence-corrected chi connectivity index (χ1v) is 8.36. The number of piperidine rings is 1. The average molecular weight is 282 g/mol. The Balaban J connectivity index is 1.91. The molecule has 0 aromatic carbocycles. The minimum Gasteiger partial charge on any atom is -0.376 e. The summed E-state index contributed by atoms with van der Waals surface area (Å²) < 4.78 is 6.07. The van der Waals surface area contributed by atoms with E-state index in [1.807, 2.05) is 0 Å². The highest BCUT2D eigenvalue weighted by Gasteiger charge is 2.36. The van der Waals surface area contributed by atoms with Crippen LogP contribution in [0.4, 0.5) is 0 Å². The number of morpholine rings is 1. The highest BCUT2D eigenvalue weighted by molar-refractivity contribution is 4.88. The normalized spacial score (nSPS) is 27.8. The SMILES string of the molecule is CC(C)(CC1CN(C(C)(C)C)CCO1)C1CCNCC1. The fourth-order valence-electron chi connectivity index (χ4n) is 3.81. The van der Waals surface area contributed by atoms with Crippen LogP contribution in [0.25, 0.3) is 0 Å². The molecule has 2 heterocycles. The van der Waals surface area contributed by atoms with Crippen molar-refractivity contribution in [1.82, 2.24) is 10.2 Å². The van der Waals surface area contributed by atoms with Gasteiger partial charge >= 0.3 is 0 Å². The predicted octanol–water partition coefficient (Wildman–Crippen LogP) is 2.90. The van der Waals surface area contributed by atoms with Gasteiger partial charge in [0, 0.05) is 18.6 Å². The third-order valence-electron chi connectivity index (χ3n) is 5.29. The van der Waals surface area contributed by atoms with Gasteiger partial charge in [-0.3, -0.25) is 4.90 Å². The van der Waals surface area contributed by atoms with Crippen LogP contribution in [0.3, 0.4) is 0 Å². The molecule has 20 heavy (non-hydrogen) atoms. The van der Waals surface area contributed by atoms with Crippen molar-refractivity contribution >= 4 is 0 Å². The van der Waals surface area contributed by atoms with E-state index < -0.39 is 0 Å². The van der Waals surface area contributed by atoms with E-state index in [1.165, 1.54) is 32.4 Å². The van der Waals surface area contributed by atoms with Gasteiger partial charge in [-0.25, -0.2) is 0 Å². The van der Waals surface area contributed by atoms with Crippen LogP contribution >= 0.6 is 0 Å². The Labute approximate surface area is 125 Å². The molecule has 0 spiro atoms. The van der Waals surface area contributed by atoms with Gasteiger partial charge in [0.2, 0.25) is 0 Å². The van der Waals surface area contributed by atoms with Crippen molar-refractivity contribution in [1.29, 1.82) is 0 Å². The molecule has 2 aliphatic heterocycles. The number of rotatable bonds is 3. The number of hydrogen-bond acceptors (Lipinski definition) is 3. The molecule has 2 fully saturated rings. The lowest BCUT2D eigenvalue weighted by Crippen LogP contribution is -2.52. The zero-order valence-corrected chi connectivity index (χ0v) is 14.2. The van der Waals surface area contributed by atoms with Crippen LogP contribution in [0.15, 0.2) is 0 Å². The molecule has 1 atom stereocenters. The van der Waals surface area contributed by atoms with Crippen molar-refractivity contribution in [3.05, 3.63) is 0 Å². The quantitative estimate of drug-likeness (QED) is 0.861. The Bertz CT molecular complexity index is 303. The molecule has 1 unspecified atom stereocenters. The van der Waals surface area contributed by atoms with E-state index in [-0.39, 0.29) is 5.54 Å². The number of ether oxygens (including phenoxy) is 1. The molecule has 2 rings (SSSR count). The van der Waals surface area contributed by atoms with Gasteiger partial charge in [0.15, 0.2) is 0 Å². The van der Waals surface area contributed by atoms with Gasteiger partial charge in [-0.05, 0) is 64.5 Å². The Kier molecular flexibility index (Phi) is 5.14. The molecule has 3 heteroatoms. The third kappa shape index (κ3) is 4.19. The molecule has 0 amide bonds. The topological polar surface area (TPSA) is 24.5 Å². The summed E-state index contributed by atoms with van der Waals surface area (Å²) in [4.78, 5) is 2.58. The van der Waals surface area contributed by atoms with E-state index >= 15 is 0 Å². The molecule has 2 saturated heterocycles. The monoisotopic (exact) mass is 282 g/mol. The molecule has 0 aromatic heterocycles. The van der Waals surface area contributed by atoms with Gasteiger partial charge in [0.1, 0.15) is 0 Å². The fourth-order valence-corrected chi connectivity index (χ4v) is 3.81. The van der Waals surface area contributed by atoms with Crippen LogP contribution in [0.5, 0.6) is 0 Å². The van der Waals surface area contributed by atoms with Gasteiger partial charge in [0.25, 0.3) is 0 Å². The minimum atomic E-state index is 0.265. The Morgan fingerprint density at radius 2 is 1.75 bits per heavy atom. The summed E-state index contributed by atoms with van der Waals surface area (Å²) in [5.74, 6) is 0.845. The van der Waals surface area contributed by atoms with Crippen molar-refractivity contribution in [2.75, 3.05) is 32.8 Å². The summed E-state index contributed by atoms with van der Waals surface area (Å²) in [6, 6.07) is 0. The summed E-state index contributed by atoms with van der Waals surface area (Å²) in [7, 11) is 0. The van der Waals surface area contributed by atoms with Crippen molar-refractivity contribution in [2.45, 2.75) is 65.5 Å². The van der Waals surface area contributed by atoms with E-state index in [0.717, 1.165) is 25.6 Å². The largest absolute Gasteiger partial charge is 0.376 e. The van der Waals surface area contributed by atoms with Gasteiger partial charge < -0.3 is 10.1 Å². The summed E-state index contributed by atoms with van der Waals surface area (Å²) in [5, 5.41) is 3.48. The number of hydrogen-bond donors (Lipinski definition) is 1. The summed E-state index contributed by atoms with van der Waals surface area (Å²) >= 11 is 0. The molecule has 2 aliphatic rings. The van der Waals surface area contributed by atoms with Crippen molar-refractivity contribution in [3.8, 4) is 0 Å². The van der Waals surface area contributed by atoms with E-state index in [0.29, 0.717) is 11.5 Å². The van der Waals surface area contributed by atoms with Gasteiger partial charge in [0.05, 0.1) is 12.7 Å². The Morgan fingerprint density at radius 1 is 1.10 bits per heavy atom. The number of nitrogens with zero attached hydrogens (tertiary/aromatic N) is 1. The van der Waals surface area contributed by atoms with E-state index in [9.17, 15) is 0 Å². The molecule has 0 radical (unpaired) electrons. The van der Waals surface area contributed by atoms with E-state index in [1.54, 1.807) is 0 Å². The average Bonchev–Trinajstić information content (AvgIpc) is 2.38. The van der Waals surface area contributed by atoms with Crippen molar-refractivity contribution in [2.24, 2.45) is 11.3 Å². The predicted molar refractivity (Wildman–Crippen MR) is 85.1 cm³/mol. The molecule has 1 N–H and O–H groups in total. The van der Waals surface area contributed by atoms with Crippen molar-refractivity contribution < 1.29 is 4.74 Å². The zero-order chi connectivity index (χ0) is 14.8. The standard InChI is InChI=1S/C17H34N2O/c1-16(2,3)19-10-11-20-15(13-19)12-17(4,5)14-6-8-18-9-7-14/h14-15,18H,6-13H2,1-5H3. The molecular formula is C17H34N2O. The maximum atomic E-state index is 6.07. The highest BCUT2D eigenvalue weighted by atomic mass is 16.5. The summed E-state index contributed by atoms with van der Waals surface area (Å²) in [5.41, 5.74) is 0.661. The van der Waals surface area contributed by atoms with Crippen LogP contribution in [-0.2, 0) is 4.74 Å². The maximum Gasteiger partial charge on any atom is 0.0708 e. The van der Waals surface area contributed by atoms with E-state index in [2.05, 4.69) is 44.8 Å². The fraction of sp³-hybridized carbons (Fsp3) is 1.00. The highest BCUT2D eigenvalue weighted by Crippen LogP contribution is 2.38. The molecule has 0 aliphatic carbocycles. The van der Waals surface area contributed by atoms with Gasteiger partial charge in [-0.1, -0.05) is 13.8 Å². The Hall–Kier alpha value is -0.120. The van der Waals surface area contributed by atoms with Crippen LogP contribution in [0.2, 0.25) is 0 Å². The second kappa shape index (κ2) is 6.33. The van der Waals surface area contributed by atoms with Crippen LogP contribution in [0.1, 0.15) is 53.9 Å². The van der Waals surface area contributed by atoms with Crippen LogP contribution in [-0.4, -0.2) is 49.3 Å². The third-order valence-corrected chi connectivity index (χ3v) is 5.29. The minimum absolute atomic E-state index is 0.265. The zero-order valence-electron chi connectivity index (χ0n) is 14.2. The van der Waals surface area contributed by atoms with Crippen LogP contribution in [0, 0.1) is 11.3 Å². The first-order valence-electron chi connectivity index (χ1n) is 8.36. The molecule has 0 bridgehead atoms. The Morgan fingerprint density at radius 3 is 2.35 bits per heavy atom. The second-order valence-electron chi connectivity index (χ2n) is 8.33. The lowest BCUT2D eigenvalue weighted by molar-refractivity contribution is -0.0794. The summed E-state index contributed by atoms with van der Waals surface area (Å²) in [6.45, 7) is 17.3. The second-order valence-corrected chi connectivity index (χ2v) is 8.33. The molecule has 0 saturated carbocycles. The van der Waals surface area contributed by atoms with Crippen LogP contribution < -0.4 is 5.32 Å². The smallest absolute Gasteiger partial charge is 0.0708 e. The van der Waals surface area contributed by atoms with Gasteiger partial charge in [-0.2, -0.15) is 0 Å². The summed E-state index contributed by atoms with van der Waals surface area (Å²) in [6.07, 6.45) is 4.25. The van der Waals surface area contributed by atoms with E-state index in [4.69, 9.17) is 4.74 Å². The maximum absolute atomic E-state index is 6.07. The van der Waals surface area contributed by atoms with Gasteiger partial charge in [-0.15, -0.1) is 0 Å². The lowest BCUT2D eigenvalue weighted by atomic mass is 9.70. The molecular weight excluding hydrogens is 248 g/mol. The number of nitrogens with one attached hydrogen (secondary N) is 1. The molecule has 118 valence electrons. The van der Waals surface area contributed by atoms with Crippen molar-refractivity contribution in [3.63, 3.8) is 0 Å². The molecule has 0 aromatic rings. The molecule has 3 nitrogen and oxygen atoms in total.